The first-order valence-corrected chi connectivity index (χ1v) is 8.34. The van der Waals surface area contributed by atoms with Crippen LogP contribution >= 0.6 is 0 Å². The van der Waals surface area contributed by atoms with Crippen molar-refractivity contribution in [2.24, 2.45) is 11.8 Å². The fraction of sp³-hybridized carbons (Fsp3) is 0.611. The first-order chi connectivity index (χ1) is 10.7. The first-order valence-electron chi connectivity index (χ1n) is 8.34. The molecular formula is C18H28N2O2. The van der Waals surface area contributed by atoms with Crippen LogP contribution in [0.2, 0.25) is 0 Å². The van der Waals surface area contributed by atoms with Gasteiger partial charge in [0, 0.05) is 19.8 Å². The van der Waals surface area contributed by atoms with Crippen LogP contribution in [-0.4, -0.2) is 25.8 Å². The molecule has 0 spiro atoms. The molecular weight excluding hydrogens is 276 g/mol. The number of rotatable bonds is 9. The van der Waals surface area contributed by atoms with Crippen molar-refractivity contribution in [2.45, 2.75) is 39.2 Å². The van der Waals surface area contributed by atoms with Crippen molar-refractivity contribution in [1.82, 2.24) is 10.6 Å². The van der Waals surface area contributed by atoms with Gasteiger partial charge in [0.1, 0.15) is 0 Å². The molecule has 4 nitrogen and oxygen atoms in total. The van der Waals surface area contributed by atoms with Gasteiger partial charge in [0.05, 0.1) is 6.04 Å². The van der Waals surface area contributed by atoms with Crippen LogP contribution in [0.15, 0.2) is 30.3 Å². The monoisotopic (exact) mass is 304 g/mol. The van der Waals surface area contributed by atoms with Crippen LogP contribution in [0, 0.1) is 11.8 Å². The highest BCUT2D eigenvalue weighted by Crippen LogP contribution is 2.40. The van der Waals surface area contributed by atoms with Crippen molar-refractivity contribution in [3.05, 3.63) is 35.9 Å². The molecule has 2 rings (SSSR count). The predicted molar refractivity (Wildman–Crippen MR) is 88.7 cm³/mol. The second-order valence-corrected chi connectivity index (χ2v) is 6.45. The average Bonchev–Trinajstić information content (AvgIpc) is 3.33. The third kappa shape index (κ3) is 6.06. The number of carbonyl (C=O) groups excluding carboxylic acids is 1. The molecule has 4 heteroatoms. The smallest absolute Gasteiger partial charge is 0.315 e. The van der Waals surface area contributed by atoms with Crippen molar-refractivity contribution in [3.8, 4) is 0 Å². The maximum Gasteiger partial charge on any atom is 0.315 e. The van der Waals surface area contributed by atoms with Crippen LogP contribution < -0.4 is 10.6 Å². The van der Waals surface area contributed by atoms with Gasteiger partial charge in [-0.05, 0) is 36.7 Å². The van der Waals surface area contributed by atoms with E-state index in [1.165, 1.54) is 18.4 Å². The minimum atomic E-state index is -0.0791. The third-order valence-corrected chi connectivity index (χ3v) is 3.74. The molecule has 2 amide bonds. The van der Waals surface area contributed by atoms with Crippen LogP contribution in [0.25, 0.3) is 0 Å². The van der Waals surface area contributed by atoms with Crippen LogP contribution in [0.5, 0.6) is 0 Å². The number of benzene rings is 1. The van der Waals surface area contributed by atoms with Crippen molar-refractivity contribution < 1.29 is 9.53 Å². The number of hydrogen-bond donors (Lipinski definition) is 2. The van der Waals surface area contributed by atoms with Gasteiger partial charge in [-0.3, -0.25) is 0 Å². The highest BCUT2D eigenvalue weighted by Gasteiger charge is 2.33. The van der Waals surface area contributed by atoms with Gasteiger partial charge >= 0.3 is 6.03 Å². The summed E-state index contributed by atoms with van der Waals surface area (Å²) < 4.78 is 5.50. The molecule has 0 heterocycles. The van der Waals surface area contributed by atoms with Gasteiger partial charge in [0.15, 0.2) is 0 Å². The first kappa shape index (κ1) is 16.8. The summed E-state index contributed by atoms with van der Waals surface area (Å²) in [5.74, 6) is 1.14. The Kier molecular flexibility index (Phi) is 6.72. The quantitative estimate of drug-likeness (QED) is 0.686. The van der Waals surface area contributed by atoms with Crippen molar-refractivity contribution in [3.63, 3.8) is 0 Å². The number of hydrogen-bond acceptors (Lipinski definition) is 2. The average molecular weight is 304 g/mol. The Labute approximate surface area is 133 Å². The van der Waals surface area contributed by atoms with E-state index in [4.69, 9.17) is 4.74 Å². The Bertz CT molecular complexity index is 444. The molecule has 0 bridgehead atoms. The minimum absolute atomic E-state index is 0.0791. The van der Waals surface area contributed by atoms with Gasteiger partial charge < -0.3 is 15.4 Å². The van der Waals surface area contributed by atoms with Gasteiger partial charge in [-0.25, -0.2) is 4.79 Å². The lowest BCUT2D eigenvalue weighted by Gasteiger charge is -2.19. The zero-order valence-electron chi connectivity index (χ0n) is 13.7. The highest BCUT2D eigenvalue weighted by atomic mass is 16.5. The summed E-state index contributed by atoms with van der Waals surface area (Å²) in [5.41, 5.74) is 1.19. The molecule has 1 aliphatic carbocycles. The number of urea groups is 1. The fourth-order valence-corrected chi connectivity index (χ4v) is 2.45. The molecule has 1 aromatic carbocycles. The molecule has 1 atom stereocenters. The Morgan fingerprint density at radius 2 is 2.00 bits per heavy atom. The summed E-state index contributed by atoms with van der Waals surface area (Å²) in [6.45, 7) is 6.39. The SMILES string of the molecule is CC(C)COCCCNC(=O)NC(c1ccccc1)C1CC1. The van der Waals surface area contributed by atoms with E-state index >= 15 is 0 Å². The Morgan fingerprint density at radius 1 is 1.27 bits per heavy atom. The van der Waals surface area contributed by atoms with Crippen LogP contribution in [-0.2, 0) is 4.74 Å². The van der Waals surface area contributed by atoms with E-state index in [0.717, 1.165) is 13.0 Å². The topological polar surface area (TPSA) is 50.4 Å². The summed E-state index contributed by atoms with van der Waals surface area (Å²) in [7, 11) is 0. The van der Waals surface area contributed by atoms with E-state index in [1.54, 1.807) is 0 Å². The number of carbonyl (C=O) groups is 1. The Balaban J connectivity index is 1.67. The maximum absolute atomic E-state index is 12.0. The third-order valence-electron chi connectivity index (χ3n) is 3.74. The lowest BCUT2D eigenvalue weighted by atomic mass is 10.0. The van der Waals surface area contributed by atoms with Gasteiger partial charge in [0.25, 0.3) is 0 Å². The molecule has 1 saturated carbocycles. The second kappa shape index (κ2) is 8.79. The van der Waals surface area contributed by atoms with Crippen molar-refractivity contribution in [2.75, 3.05) is 19.8 Å². The van der Waals surface area contributed by atoms with Crippen LogP contribution in [0.1, 0.15) is 44.7 Å². The van der Waals surface area contributed by atoms with E-state index in [-0.39, 0.29) is 12.1 Å². The highest BCUT2D eigenvalue weighted by molar-refractivity contribution is 5.74. The number of ether oxygens (including phenoxy) is 1. The van der Waals surface area contributed by atoms with E-state index < -0.39 is 0 Å². The molecule has 2 N–H and O–H groups in total. The van der Waals surface area contributed by atoms with Gasteiger partial charge in [-0.15, -0.1) is 0 Å². The van der Waals surface area contributed by atoms with Gasteiger partial charge in [-0.2, -0.15) is 0 Å². The summed E-state index contributed by atoms with van der Waals surface area (Å²) in [5, 5.41) is 6.04. The molecule has 1 fully saturated rings. The fourth-order valence-electron chi connectivity index (χ4n) is 2.45. The largest absolute Gasteiger partial charge is 0.381 e. The summed E-state index contributed by atoms with van der Waals surface area (Å²) in [4.78, 5) is 12.0. The minimum Gasteiger partial charge on any atom is -0.381 e. The summed E-state index contributed by atoms with van der Waals surface area (Å²) >= 11 is 0. The lowest BCUT2D eigenvalue weighted by Crippen LogP contribution is -2.39. The maximum atomic E-state index is 12.0. The Morgan fingerprint density at radius 3 is 2.64 bits per heavy atom. The van der Waals surface area contributed by atoms with E-state index in [9.17, 15) is 4.79 Å². The molecule has 22 heavy (non-hydrogen) atoms. The molecule has 0 radical (unpaired) electrons. The normalized spacial score (nSPS) is 15.6. The van der Waals surface area contributed by atoms with Crippen LogP contribution in [0.4, 0.5) is 4.79 Å². The number of amides is 2. The molecule has 122 valence electrons. The lowest BCUT2D eigenvalue weighted by molar-refractivity contribution is 0.108. The second-order valence-electron chi connectivity index (χ2n) is 6.45. The zero-order valence-corrected chi connectivity index (χ0v) is 13.7. The number of nitrogens with one attached hydrogen (secondary N) is 2. The van der Waals surface area contributed by atoms with E-state index in [1.807, 2.05) is 18.2 Å². The zero-order chi connectivity index (χ0) is 15.8. The van der Waals surface area contributed by atoms with E-state index in [0.29, 0.717) is 25.0 Å². The molecule has 0 aromatic heterocycles. The summed E-state index contributed by atoms with van der Waals surface area (Å²) in [6.07, 6.45) is 3.24. The molecule has 1 aliphatic rings. The molecule has 0 aliphatic heterocycles. The molecule has 1 unspecified atom stereocenters. The van der Waals surface area contributed by atoms with Crippen molar-refractivity contribution in [1.29, 1.82) is 0 Å². The van der Waals surface area contributed by atoms with Crippen LogP contribution in [0.3, 0.4) is 0 Å². The molecule has 1 aromatic rings. The molecule has 0 saturated heterocycles. The van der Waals surface area contributed by atoms with E-state index in [2.05, 4.69) is 36.6 Å². The van der Waals surface area contributed by atoms with Crippen molar-refractivity contribution >= 4 is 6.03 Å². The standard InChI is InChI=1S/C18H28N2O2/c1-14(2)13-22-12-6-11-19-18(21)20-17(16-9-10-16)15-7-4-3-5-8-15/h3-5,7-8,14,16-17H,6,9-13H2,1-2H3,(H2,19,20,21). The van der Waals surface area contributed by atoms with Gasteiger partial charge in [-0.1, -0.05) is 44.2 Å². The summed E-state index contributed by atoms with van der Waals surface area (Å²) in [6, 6.07) is 10.3. The van der Waals surface area contributed by atoms with Gasteiger partial charge in [0.2, 0.25) is 0 Å². The Hall–Kier alpha value is -1.55. The predicted octanol–water partition coefficient (Wildman–Crippen LogP) is 3.50.